The topological polar surface area (TPSA) is 66.5 Å². The molecule has 0 aliphatic carbocycles. The summed E-state index contributed by atoms with van der Waals surface area (Å²) in [6.07, 6.45) is 5.01. The van der Waals surface area contributed by atoms with Crippen LogP contribution in [-0.4, -0.2) is 20.2 Å². The summed E-state index contributed by atoms with van der Waals surface area (Å²) >= 11 is 0. The van der Waals surface area contributed by atoms with E-state index in [4.69, 9.17) is 0 Å². The van der Waals surface area contributed by atoms with Crippen molar-refractivity contribution in [1.82, 2.24) is 20.2 Å². The van der Waals surface area contributed by atoms with Gasteiger partial charge in [-0.25, -0.2) is 9.97 Å². The Kier molecular flexibility index (Phi) is 2.62. The second kappa shape index (κ2) is 4.08. The fourth-order valence-corrected chi connectivity index (χ4v) is 1.42. The lowest BCUT2D eigenvalue weighted by molar-refractivity contribution is 1.02. The van der Waals surface area contributed by atoms with Crippen molar-refractivity contribution in [1.29, 1.82) is 0 Å². The Hall–Kier alpha value is -1.91. The van der Waals surface area contributed by atoms with Crippen LogP contribution in [0.4, 0.5) is 5.69 Å². The maximum absolute atomic E-state index is 4.13. The first kappa shape index (κ1) is 9.64. The highest BCUT2D eigenvalue weighted by molar-refractivity contribution is 5.39. The Labute approximate surface area is 88.0 Å². The number of nitrogens with one attached hydrogen (secondary N) is 2. The molecule has 5 heteroatoms. The Morgan fingerprint density at radius 1 is 1.27 bits per heavy atom. The Morgan fingerprint density at radius 2 is 2.00 bits per heavy atom. The Bertz CT molecular complexity index is 415. The smallest absolute Gasteiger partial charge is 0.115 e. The SMILES string of the molecule is Cc1n[nH]c(C)c1CNc1cncnc1. The molecular formula is C10H13N5. The zero-order chi connectivity index (χ0) is 10.7. The van der Waals surface area contributed by atoms with Gasteiger partial charge in [-0.05, 0) is 13.8 Å². The van der Waals surface area contributed by atoms with Gasteiger partial charge in [0, 0.05) is 17.8 Å². The van der Waals surface area contributed by atoms with Crippen molar-refractivity contribution < 1.29 is 0 Å². The summed E-state index contributed by atoms with van der Waals surface area (Å²) in [5.41, 5.74) is 4.23. The van der Waals surface area contributed by atoms with Crippen molar-refractivity contribution in [3.8, 4) is 0 Å². The van der Waals surface area contributed by atoms with Crippen LogP contribution in [0, 0.1) is 13.8 Å². The van der Waals surface area contributed by atoms with Gasteiger partial charge in [0.25, 0.3) is 0 Å². The molecule has 2 rings (SSSR count). The molecule has 0 atom stereocenters. The summed E-state index contributed by atoms with van der Waals surface area (Å²) in [5, 5.41) is 10.3. The van der Waals surface area contributed by atoms with E-state index in [2.05, 4.69) is 25.5 Å². The van der Waals surface area contributed by atoms with Gasteiger partial charge in [0.1, 0.15) is 6.33 Å². The van der Waals surface area contributed by atoms with E-state index in [-0.39, 0.29) is 0 Å². The van der Waals surface area contributed by atoms with Crippen molar-refractivity contribution in [2.75, 3.05) is 5.32 Å². The van der Waals surface area contributed by atoms with Crippen LogP contribution in [0.1, 0.15) is 17.0 Å². The molecule has 0 aromatic carbocycles. The summed E-state index contributed by atoms with van der Waals surface area (Å²) in [7, 11) is 0. The maximum Gasteiger partial charge on any atom is 0.115 e. The largest absolute Gasteiger partial charge is 0.378 e. The van der Waals surface area contributed by atoms with Crippen LogP contribution in [0.2, 0.25) is 0 Å². The highest BCUT2D eigenvalue weighted by Crippen LogP contribution is 2.11. The summed E-state index contributed by atoms with van der Waals surface area (Å²) in [4.78, 5) is 7.86. The molecule has 15 heavy (non-hydrogen) atoms. The molecule has 5 nitrogen and oxygen atoms in total. The number of rotatable bonds is 3. The van der Waals surface area contributed by atoms with Crippen molar-refractivity contribution in [2.24, 2.45) is 0 Å². The van der Waals surface area contributed by atoms with Gasteiger partial charge >= 0.3 is 0 Å². The minimum atomic E-state index is 0.738. The monoisotopic (exact) mass is 203 g/mol. The molecule has 0 radical (unpaired) electrons. The molecule has 0 spiro atoms. The minimum Gasteiger partial charge on any atom is -0.378 e. The third-order valence-electron chi connectivity index (χ3n) is 2.31. The molecule has 78 valence electrons. The molecule has 0 fully saturated rings. The molecule has 0 saturated heterocycles. The standard InChI is InChI=1S/C10H13N5/c1-7-10(8(2)15-14-7)5-13-9-3-11-6-12-4-9/h3-4,6,13H,5H2,1-2H3,(H,14,15). The van der Waals surface area contributed by atoms with E-state index in [0.29, 0.717) is 0 Å². The Balaban J connectivity index is 2.05. The van der Waals surface area contributed by atoms with E-state index in [1.807, 2.05) is 13.8 Å². The fourth-order valence-electron chi connectivity index (χ4n) is 1.42. The van der Waals surface area contributed by atoms with Crippen LogP contribution in [0.15, 0.2) is 18.7 Å². The lowest BCUT2D eigenvalue weighted by Gasteiger charge is -2.04. The van der Waals surface area contributed by atoms with Crippen molar-refractivity contribution in [3.63, 3.8) is 0 Å². The number of aromatic nitrogens is 4. The zero-order valence-electron chi connectivity index (χ0n) is 8.78. The fraction of sp³-hybridized carbons (Fsp3) is 0.300. The molecule has 0 amide bonds. The molecule has 0 saturated carbocycles. The predicted molar refractivity (Wildman–Crippen MR) is 57.4 cm³/mol. The molecular weight excluding hydrogens is 190 g/mol. The van der Waals surface area contributed by atoms with Gasteiger partial charge in [-0.2, -0.15) is 5.10 Å². The Morgan fingerprint density at radius 3 is 2.60 bits per heavy atom. The average Bonchev–Trinajstić information content (AvgIpc) is 2.58. The molecule has 0 aliphatic heterocycles. The number of aromatic amines is 1. The lowest BCUT2D eigenvalue weighted by atomic mass is 10.2. The molecule has 0 unspecified atom stereocenters. The lowest BCUT2D eigenvalue weighted by Crippen LogP contribution is -2.01. The third-order valence-corrected chi connectivity index (χ3v) is 2.31. The third kappa shape index (κ3) is 2.12. The van der Waals surface area contributed by atoms with Gasteiger partial charge in [0.2, 0.25) is 0 Å². The number of hydrogen-bond donors (Lipinski definition) is 2. The van der Waals surface area contributed by atoms with Gasteiger partial charge in [-0.15, -0.1) is 0 Å². The summed E-state index contributed by atoms with van der Waals surface area (Å²) in [6, 6.07) is 0. The number of aryl methyl sites for hydroxylation is 2. The highest BCUT2D eigenvalue weighted by atomic mass is 15.1. The van der Waals surface area contributed by atoms with Crippen molar-refractivity contribution in [2.45, 2.75) is 20.4 Å². The van der Waals surface area contributed by atoms with E-state index < -0.39 is 0 Å². The van der Waals surface area contributed by atoms with Gasteiger partial charge in [0.15, 0.2) is 0 Å². The number of anilines is 1. The summed E-state index contributed by atoms with van der Waals surface area (Å²) < 4.78 is 0. The maximum atomic E-state index is 4.13. The second-order valence-corrected chi connectivity index (χ2v) is 3.39. The number of nitrogens with zero attached hydrogens (tertiary/aromatic N) is 3. The molecule has 2 N–H and O–H groups in total. The van der Waals surface area contributed by atoms with Gasteiger partial charge in [-0.1, -0.05) is 0 Å². The normalized spacial score (nSPS) is 10.3. The first-order valence-electron chi connectivity index (χ1n) is 4.76. The number of H-pyrrole nitrogens is 1. The van der Waals surface area contributed by atoms with E-state index in [0.717, 1.165) is 23.6 Å². The molecule has 2 heterocycles. The minimum absolute atomic E-state index is 0.738. The molecule has 2 aromatic heterocycles. The molecule has 0 bridgehead atoms. The van der Waals surface area contributed by atoms with Crippen LogP contribution < -0.4 is 5.32 Å². The van der Waals surface area contributed by atoms with Gasteiger partial charge in [0.05, 0.1) is 23.8 Å². The van der Waals surface area contributed by atoms with Crippen LogP contribution in [0.5, 0.6) is 0 Å². The van der Waals surface area contributed by atoms with Crippen LogP contribution in [0.3, 0.4) is 0 Å². The van der Waals surface area contributed by atoms with Crippen molar-refractivity contribution >= 4 is 5.69 Å². The second-order valence-electron chi connectivity index (χ2n) is 3.39. The summed E-state index contributed by atoms with van der Waals surface area (Å²) in [5.74, 6) is 0. The van der Waals surface area contributed by atoms with E-state index in [1.165, 1.54) is 11.9 Å². The van der Waals surface area contributed by atoms with Gasteiger partial charge in [-0.3, -0.25) is 5.10 Å². The first-order valence-corrected chi connectivity index (χ1v) is 4.76. The number of hydrogen-bond acceptors (Lipinski definition) is 4. The predicted octanol–water partition coefficient (Wildman–Crippen LogP) is 1.43. The van der Waals surface area contributed by atoms with Gasteiger partial charge < -0.3 is 5.32 Å². The quantitative estimate of drug-likeness (QED) is 0.791. The van der Waals surface area contributed by atoms with Crippen LogP contribution in [-0.2, 0) is 6.54 Å². The van der Waals surface area contributed by atoms with Crippen molar-refractivity contribution in [3.05, 3.63) is 35.7 Å². The average molecular weight is 203 g/mol. The summed E-state index contributed by atoms with van der Waals surface area (Å²) in [6.45, 7) is 4.74. The highest BCUT2D eigenvalue weighted by Gasteiger charge is 2.05. The molecule has 2 aromatic rings. The first-order chi connectivity index (χ1) is 7.27. The van der Waals surface area contributed by atoms with Crippen LogP contribution in [0.25, 0.3) is 0 Å². The van der Waals surface area contributed by atoms with E-state index in [9.17, 15) is 0 Å². The zero-order valence-corrected chi connectivity index (χ0v) is 8.78. The van der Waals surface area contributed by atoms with E-state index >= 15 is 0 Å². The van der Waals surface area contributed by atoms with E-state index in [1.54, 1.807) is 12.4 Å². The molecule has 0 aliphatic rings. The van der Waals surface area contributed by atoms with Crippen LogP contribution >= 0.6 is 0 Å².